The lowest BCUT2D eigenvalue weighted by Gasteiger charge is -2.19. The van der Waals surface area contributed by atoms with E-state index < -0.39 is 11.6 Å². The Morgan fingerprint density at radius 1 is 1.07 bits per heavy atom. The SMILES string of the molecule is Cc1ccc(CSCC(=O)N/N=C\c2ccc(OCC(=O)OC(C)(C)C)cc2)cc1. The van der Waals surface area contributed by atoms with Gasteiger partial charge in [-0.3, -0.25) is 4.79 Å². The highest BCUT2D eigenvalue weighted by Gasteiger charge is 2.16. The molecular weight excluding hydrogens is 400 g/mol. The minimum Gasteiger partial charge on any atom is -0.482 e. The molecule has 2 aromatic carbocycles. The molecule has 30 heavy (non-hydrogen) atoms. The zero-order valence-electron chi connectivity index (χ0n) is 17.8. The van der Waals surface area contributed by atoms with E-state index >= 15 is 0 Å². The number of ether oxygens (including phenoxy) is 2. The molecule has 7 heteroatoms. The molecule has 0 saturated carbocycles. The fourth-order valence-corrected chi connectivity index (χ4v) is 3.10. The Balaban J connectivity index is 1.68. The van der Waals surface area contributed by atoms with Crippen LogP contribution in [0.2, 0.25) is 0 Å². The fraction of sp³-hybridized carbons (Fsp3) is 0.348. The summed E-state index contributed by atoms with van der Waals surface area (Å²) in [5.74, 6) is 1.09. The molecule has 0 aliphatic rings. The summed E-state index contributed by atoms with van der Waals surface area (Å²) in [7, 11) is 0. The van der Waals surface area contributed by atoms with Crippen molar-refractivity contribution < 1.29 is 19.1 Å². The average Bonchev–Trinajstić information content (AvgIpc) is 2.68. The van der Waals surface area contributed by atoms with Crippen LogP contribution in [0.4, 0.5) is 0 Å². The number of nitrogens with zero attached hydrogens (tertiary/aromatic N) is 1. The summed E-state index contributed by atoms with van der Waals surface area (Å²) in [5.41, 5.74) is 5.19. The van der Waals surface area contributed by atoms with E-state index in [4.69, 9.17) is 9.47 Å². The van der Waals surface area contributed by atoms with Gasteiger partial charge < -0.3 is 9.47 Å². The fourth-order valence-electron chi connectivity index (χ4n) is 2.32. The van der Waals surface area contributed by atoms with Gasteiger partial charge in [0.15, 0.2) is 6.61 Å². The lowest BCUT2D eigenvalue weighted by Crippen LogP contribution is -2.27. The van der Waals surface area contributed by atoms with Crippen molar-refractivity contribution in [2.45, 2.75) is 39.0 Å². The lowest BCUT2D eigenvalue weighted by molar-refractivity contribution is -0.157. The smallest absolute Gasteiger partial charge is 0.344 e. The van der Waals surface area contributed by atoms with Gasteiger partial charge >= 0.3 is 5.97 Å². The Morgan fingerprint density at radius 3 is 2.37 bits per heavy atom. The Morgan fingerprint density at radius 2 is 1.73 bits per heavy atom. The van der Waals surface area contributed by atoms with Crippen LogP contribution in [0.25, 0.3) is 0 Å². The van der Waals surface area contributed by atoms with E-state index in [1.807, 2.05) is 6.92 Å². The van der Waals surface area contributed by atoms with Crippen LogP contribution in [0.3, 0.4) is 0 Å². The summed E-state index contributed by atoms with van der Waals surface area (Å²) in [6.07, 6.45) is 1.56. The van der Waals surface area contributed by atoms with Crippen LogP contribution in [0, 0.1) is 6.92 Å². The van der Waals surface area contributed by atoms with E-state index in [2.05, 4.69) is 34.8 Å². The van der Waals surface area contributed by atoms with Gasteiger partial charge in [-0.15, -0.1) is 11.8 Å². The molecule has 160 valence electrons. The molecule has 6 nitrogen and oxygen atoms in total. The summed E-state index contributed by atoms with van der Waals surface area (Å²) >= 11 is 1.54. The van der Waals surface area contributed by atoms with Crippen molar-refractivity contribution in [3.05, 3.63) is 65.2 Å². The molecule has 0 atom stereocenters. The van der Waals surface area contributed by atoms with Gasteiger partial charge in [-0.2, -0.15) is 5.10 Å². The maximum atomic E-state index is 11.9. The molecule has 0 aliphatic carbocycles. The highest BCUT2D eigenvalue weighted by atomic mass is 32.2. The summed E-state index contributed by atoms with van der Waals surface area (Å²) in [6, 6.07) is 15.3. The normalized spacial score (nSPS) is 11.3. The number of hydrogen-bond acceptors (Lipinski definition) is 6. The third-order valence-corrected chi connectivity index (χ3v) is 4.69. The van der Waals surface area contributed by atoms with Gasteiger partial charge in [0, 0.05) is 5.75 Å². The zero-order chi connectivity index (χ0) is 22.0. The summed E-state index contributed by atoms with van der Waals surface area (Å²) in [5, 5.41) is 3.97. The second-order valence-electron chi connectivity index (χ2n) is 7.72. The first kappa shape index (κ1) is 23.5. The van der Waals surface area contributed by atoms with Crippen molar-refractivity contribution >= 4 is 29.9 Å². The van der Waals surface area contributed by atoms with Gasteiger partial charge in [0.1, 0.15) is 11.4 Å². The van der Waals surface area contributed by atoms with Gasteiger partial charge in [0.2, 0.25) is 5.91 Å². The van der Waals surface area contributed by atoms with E-state index in [0.29, 0.717) is 11.5 Å². The number of hydrogen-bond donors (Lipinski definition) is 1. The minimum absolute atomic E-state index is 0.152. The monoisotopic (exact) mass is 428 g/mol. The second-order valence-corrected chi connectivity index (χ2v) is 8.70. The van der Waals surface area contributed by atoms with E-state index in [0.717, 1.165) is 11.3 Å². The molecule has 0 saturated heterocycles. The second kappa shape index (κ2) is 11.4. The Labute approximate surface area is 182 Å². The van der Waals surface area contributed by atoms with E-state index in [9.17, 15) is 9.59 Å². The number of aryl methyl sites for hydroxylation is 1. The number of carbonyl (C=O) groups excluding carboxylic acids is 2. The molecule has 0 unspecified atom stereocenters. The van der Waals surface area contributed by atoms with Crippen LogP contribution >= 0.6 is 11.8 Å². The molecule has 0 aliphatic heterocycles. The van der Waals surface area contributed by atoms with Crippen LogP contribution in [0.5, 0.6) is 5.75 Å². The van der Waals surface area contributed by atoms with E-state index in [-0.39, 0.29) is 12.5 Å². The van der Waals surface area contributed by atoms with Gasteiger partial charge in [-0.05, 0) is 63.1 Å². The van der Waals surface area contributed by atoms with Crippen molar-refractivity contribution in [1.29, 1.82) is 0 Å². The third-order valence-electron chi connectivity index (χ3n) is 3.68. The predicted octanol–water partition coefficient (Wildman–Crippen LogP) is 4.10. The van der Waals surface area contributed by atoms with Crippen LogP contribution in [-0.2, 0) is 20.1 Å². The van der Waals surface area contributed by atoms with E-state index in [1.54, 1.807) is 51.3 Å². The third kappa shape index (κ3) is 9.60. The number of esters is 1. The first-order valence-corrected chi connectivity index (χ1v) is 10.8. The maximum absolute atomic E-state index is 11.9. The molecular formula is C23H28N2O4S. The number of thioether (sulfide) groups is 1. The number of rotatable bonds is 9. The van der Waals surface area contributed by atoms with Gasteiger partial charge in [-0.1, -0.05) is 29.8 Å². The molecule has 1 N–H and O–H groups in total. The zero-order valence-corrected chi connectivity index (χ0v) is 18.6. The first-order chi connectivity index (χ1) is 14.2. The summed E-state index contributed by atoms with van der Waals surface area (Å²) in [4.78, 5) is 23.5. The molecule has 2 aromatic rings. The van der Waals surface area contributed by atoms with Crippen molar-refractivity contribution in [3.8, 4) is 5.75 Å². The average molecular weight is 429 g/mol. The van der Waals surface area contributed by atoms with Crippen molar-refractivity contribution in [3.63, 3.8) is 0 Å². The molecule has 0 aromatic heterocycles. The van der Waals surface area contributed by atoms with Crippen molar-refractivity contribution in [2.75, 3.05) is 12.4 Å². The highest BCUT2D eigenvalue weighted by molar-refractivity contribution is 7.99. The first-order valence-electron chi connectivity index (χ1n) is 9.61. The summed E-state index contributed by atoms with van der Waals surface area (Å²) < 4.78 is 10.6. The molecule has 0 heterocycles. The maximum Gasteiger partial charge on any atom is 0.344 e. The van der Waals surface area contributed by atoms with Crippen LogP contribution in [-0.4, -0.2) is 36.1 Å². The molecule has 0 fully saturated rings. The lowest BCUT2D eigenvalue weighted by atomic mass is 10.2. The number of amides is 1. The number of carbonyl (C=O) groups is 2. The van der Waals surface area contributed by atoms with Gasteiger partial charge in [0.25, 0.3) is 0 Å². The Hall–Kier alpha value is -2.80. The quantitative estimate of drug-likeness (QED) is 0.370. The minimum atomic E-state index is -0.537. The largest absolute Gasteiger partial charge is 0.482 e. The van der Waals surface area contributed by atoms with Gasteiger partial charge in [0.05, 0.1) is 12.0 Å². The van der Waals surface area contributed by atoms with Crippen LogP contribution in [0.1, 0.15) is 37.5 Å². The van der Waals surface area contributed by atoms with Gasteiger partial charge in [-0.25, -0.2) is 10.2 Å². The standard InChI is InChI=1S/C23H28N2O4S/c1-17-5-7-19(8-6-17)15-30-16-21(26)25-24-13-18-9-11-20(12-10-18)28-14-22(27)29-23(2,3)4/h5-13H,14-16H2,1-4H3,(H,25,26)/b24-13-. The van der Waals surface area contributed by atoms with E-state index in [1.165, 1.54) is 22.9 Å². The van der Waals surface area contributed by atoms with Crippen LogP contribution in [0.15, 0.2) is 53.6 Å². The van der Waals surface area contributed by atoms with Crippen molar-refractivity contribution in [1.82, 2.24) is 5.43 Å². The molecule has 1 amide bonds. The number of benzene rings is 2. The number of hydrazone groups is 1. The molecule has 2 rings (SSSR count). The summed E-state index contributed by atoms with van der Waals surface area (Å²) in [6.45, 7) is 7.32. The molecule has 0 spiro atoms. The predicted molar refractivity (Wildman–Crippen MR) is 121 cm³/mol. The topological polar surface area (TPSA) is 77.0 Å². The Kier molecular flexibility index (Phi) is 8.92. The highest BCUT2D eigenvalue weighted by Crippen LogP contribution is 2.14. The van der Waals surface area contributed by atoms with Crippen molar-refractivity contribution in [2.24, 2.45) is 5.10 Å². The molecule has 0 radical (unpaired) electrons. The number of nitrogens with one attached hydrogen (secondary N) is 1. The molecule has 0 bridgehead atoms. The van der Waals surface area contributed by atoms with Crippen LogP contribution < -0.4 is 10.2 Å². The Bertz CT molecular complexity index is 856.